The number of carboxylic acids is 1. The number of hydrogen-bond donors (Lipinski definition) is 3. The van der Waals surface area contributed by atoms with Crippen LogP contribution in [0.3, 0.4) is 0 Å². The van der Waals surface area contributed by atoms with Crippen LogP contribution in [0.4, 0.5) is 0 Å². The predicted molar refractivity (Wildman–Crippen MR) is 89.6 cm³/mol. The van der Waals surface area contributed by atoms with Gasteiger partial charge in [0.1, 0.15) is 0 Å². The highest BCUT2D eigenvalue weighted by Gasteiger charge is 2.29. The van der Waals surface area contributed by atoms with Crippen molar-refractivity contribution in [3.05, 3.63) is 34.9 Å². The molecule has 1 unspecified atom stereocenters. The molecule has 1 aromatic carbocycles. The topological polar surface area (TPSA) is 77.8 Å². The molecular formula is C18H30O4. The maximum absolute atomic E-state index is 11.3. The maximum atomic E-state index is 11.3. The molecular weight excluding hydrogens is 280 g/mol. The molecule has 4 heteroatoms. The van der Waals surface area contributed by atoms with Gasteiger partial charge in [-0.25, -0.2) is 4.79 Å². The van der Waals surface area contributed by atoms with Crippen molar-refractivity contribution < 1.29 is 20.1 Å². The van der Waals surface area contributed by atoms with Gasteiger partial charge < -0.3 is 15.3 Å². The molecule has 4 nitrogen and oxygen atoms in total. The van der Waals surface area contributed by atoms with Crippen LogP contribution >= 0.6 is 0 Å². The zero-order valence-corrected chi connectivity index (χ0v) is 14.8. The molecule has 1 atom stereocenters. The van der Waals surface area contributed by atoms with Crippen molar-refractivity contribution in [1.29, 1.82) is 0 Å². The quantitative estimate of drug-likeness (QED) is 0.783. The summed E-state index contributed by atoms with van der Waals surface area (Å²) in [5, 5.41) is 25.3. The summed E-state index contributed by atoms with van der Waals surface area (Å²) in [6.07, 6.45) is -0.560. The van der Waals surface area contributed by atoms with Gasteiger partial charge in [0.15, 0.2) is 0 Å². The number of rotatable bonds is 2. The molecule has 0 fully saturated rings. The van der Waals surface area contributed by atoms with Crippen LogP contribution in [0.15, 0.2) is 18.2 Å². The van der Waals surface area contributed by atoms with Crippen molar-refractivity contribution in [2.45, 2.75) is 65.4 Å². The molecule has 0 spiro atoms. The number of aromatic carboxylic acids is 1. The van der Waals surface area contributed by atoms with Crippen molar-refractivity contribution in [3.8, 4) is 0 Å². The number of aliphatic hydroxyl groups is 2. The lowest BCUT2D eigenvalue weighted by molar-refractivity contribution is 0.0694. The molecule has 1 rings (SSSR count). The van der Waals surface area contributed by atoms with E-state index in [9.17, 15) is 9.90 Å². The van der Waals surface area contributed by atoms with Crippen LogP contribution in [0.5, 0.6) is 0 Å². The first-order chi connectivity index (χ1) is 9.82. The summed E-state index contributed by atoms with van der Waals surface area (Å²) in [6.45, 7) is 13.9. The van der Waals surface area contributed by atoms with Gasteiger partial charge >= 0.3 is 5.97 Å². The first-order valence-corrected chi connectivity index (χ1v) is 7.48. The molecule has 0 aliphatic heterocycles. The van der Waals surface area contributed by atoms with Gasteiger partial charge in [-0.15, -0.1) is 0 Å². The third-order valence-electron chi connectivity index (χ3n) is 3.12. The maximum Gasteiger partial charge on any atom is 0.335 e. The monoisotopic (exact) mass is 310 g/mol. The lowest BCUT2D eigenvalue weighted by Crippen LogP contribution is -2.25. The zero-order chi connectivity index (χ0) is 17.7. The minimum atomic E-state index is -0.846. The molecule has 0 saturated heterocycles. The van der Waals surface area contributed by atoms with Crippen LogP contribution in [-0.4, -0.2) is 34.0 Å². The third kappa shape index (κ3) is 6.16. The lowest BCUT2D eigenvalue weighted by atomic mass is 9.73. The Morgan fingerprint density at radius 2 is 1.55 bits per heavy atom. The number of aliphatic hydroxyl groups excluding tert-OH is 2. The second-order valence-corrected chi connectivity index (χ2v) is 7.56. The van der Waals surface area contributed by atoms with Gasteiger partial charge in [0, 0.05) is 0 Å². The summed E-state index contributed by atoms with van der Waals surface area (Å²) in [5.74, 6) is -0.846. The van der Waals surface area contributed by atoms with Crippen LogP contribution in [0, 0.1) is 0 Å². The van der Waals surface area contributed by atoms with E-state index in [-0.39, 0.29) is 17.4 Å². The first-order valence-electron chi connectivity index (χ1n) is 7.48. The molecule has 22 heavy (non-hydrogen) atoms. The molecule has 1 aromatic rings. The van der Waals surface area contributed by atoms with E-state index in [2.05, 4.69) is 41.5 Å². The van der Waals surface area contributed by atoms with Crippen LogP contribution in [-0.2, 0) is 10.8 Å². The highest BCUT2D eigenvalue weighted by Crippen LogP contribution is 2.36. The summed E-state index contributed by atoms with van der Waals surface area (Å²) in [6, 6.07) is 5.56. The van der Waals surface area contributed by atoms with E-state index in [4.69, 9.17) is 10.2 Å². The fraction of sp³-hybridized carbons (Fsp3) is 0.611. The Morgan fingerprint density at radius 1 is 1.09 bits per heavy atom. The van der Waals surface area contributed by atoms with E-state index in [1.165, 1.54) is 6.92 Å². The van der Waals surface area contributed by atoms with Gasteiger partial charge in [0.25, 0.3) is 0 Å². The Morgan fingerprint density at radius 3 is 1.82 bits per heavy atom. The molecule has 126 valence electrons. The van der Waals surface area contributed by atoms with Crippen molar-refractivity contribution in [1.82, 2.24) is 0 Å². The van der Waals surface area contributed by atoms with Crippen molar-refractivity contribution >= 4 is 5.97 Å². The largest absolute Gasteiger partial charge is 0.478 e. The van der Waals surface area contributed by atoms with Crippen LogP contribution in [0.1, 0.15) is 70.0 Å². The molecule has 0 heterocycles. The fourth-order valence-electron chi connectivity index (χ4n) is 2.16. The van der Waals surface area contributed by atoms with E-state index in [0.29, 0.717) is 5.56 Å². The molecule has 0 amide bonds. The molecule has 0 radical (unpaired) electrons. The summed E-state index contributed by atoms with van der Waals surface area (Å²) in [4.78, 5) is 11.3. The van der Waals surface area contributed by atoms with E-state index in [1.54, 1.807) is 6.07 Å². The van der Waals surface area contributed by atoms with E-state index in [0.717, 1.165) is 11.1 Å². The van der Waals surface area contributed by atoms with Gasteiger partial charge in [-0.2, -0.15) is 0 Å². The first kappa shape index (κ1) is 20.6. The highest BCUT2D eigenvalue weighted by molar-refractivity contribution is 5.90. The number of carboxylic acid groups (broad SMARTS) is 1. The molecule has 0 aliphatic carbocycles. The molecule has 0 aromatic heterocycles. The Balaban J connectivity index is 0.000000763. The average Bonchev–Trinajstić information content (AvgIpc) is 2.36. The molecule has 0 aliphatic rings. The number of carbonyl (C=O) groups is 1. The molecule has 0 bridgehead atoms. The Kier molecular flexibility index (Phi) is 7.26. The lowest BCUT2D eigenvalue weighted by Gasteiger charge is -2.31. The van der Waals surface area contributed by atoms with E-state index < -0.39 is 12.1 Å². The minimum absolute atomic E-state index is 0.0475. The second kappa shape index (κ2) is 7.75. The van der Waals surface area contributed by atoms with Crippen molar-refractivity contribution in [3.63, 3.8) is 0 Å². The van der Waals surface area contributed by atoms with E-state index in [1.807, 2.05) is 12.1 Å². The van der Waals surface area contributed by atoms with Gasteiger partial charge in [0.2, 0.25) is 0 Å². The van der Waals surface area contributed by atoms with Crippen LogP contribution in [0.2, 0.25) is 0 Å². The zero-order valence-electron chi connectivity index (χ0n) is 14.8. The van der Waals surface area contributed by atoms with E-state index >= 15 is 0 Å². The number of benzene rings is 1. The summed E-state index contributed by atoms with van der Waals surface area (Å²) in [7, 11) is 0. The van der Waals surface area contributed by atoms with Gasteiger partial charge in [0.05, 0.1) is 18.3 Å². The number of hydrogen-bond acceptors (Lipinski definition) is 3. The van der Waals surface area contributed by atoms with Crippen LogP contribution in [0.25, 0.3) is 0 Å². The Bertz CT molecular complexity index is 491. The molecule has 3 N–H and O–H groups in total. The standard InChI is InChI=1S/C15H22O2.C3H8O2/c1-14(2,3)11-9-7-8-10(13(16)17)12(11)15(4,5)6;1-3(5)2-4/h7-9H,1-6H3,(H,16,17);3-5H,2H2,1H3. The fourth-order valence-corrected chi connectivity index (χ4v) is 2.16. The Hall–Kier alpha value is -1.39. The second-order valence-electron chi connectivity index (χ2n) is 7.56. The predicted octanol–water partition coefficient (Wildman–Crippen LogP) is 3.34. The normalized spacial score (nSPS) is 13.1. The van der Waals surface area contributed by atoms with Gasteiger partial charge in [-0.1, -0.05) is 53.7 Å². The smallest absolute Gasteiger partial charge is 0.335 e. The third-order valence-corrected chi connectivity index (χ3v) is 3.12. The van der Waals surface area contributed by atoms with Gasteiger partial charge in [-0.05, 0) is 34.9 Å². The summed E-state index contributed by atoms with van der Waals surface area (Å²) in [5.41, 5.74) is 2.26. The van der Waals surface area contributed by atoms with Gasteiger partial charge in [-0.3, -0.25) is 0 Å². The van der Waals surface area contributed by atoms with Crippen LogP contribution < -0.4 is 0 Å². The average molecular weight is 310 g/mol. The Labute approximate surface area is 133 Å². The molecule has 0 saturated carbocycles. The summed E-state index contributed by atoms with van der Waals surface area (Å²) >= 11 is 0. The minimum Gasteiger partial charge on any atom is -0.478 e. The highest BCUT2D eigenvalue weighted by atomic mass is 16.4. The van der Waals surface area contributed by atoms with Crippen molar-refractivity contribution in [2.24, 2.45) is 0 Å². The summed E-state index contributed by atoms with van der Waals surface area (Å²) < 4.78 is 0. The van der Waals surface area contributed by atoms with Crippen molar-refractivity contribution in [2.75, 3.05) is 6.61 Å². The SMILES string of the molecule is CC(C)(C)c1cccc(C(=O)O)c1C(C)(C)C.CC(O)CO.